The highest BCUT2D eigenvalue weighted by Gasteiger charge is 2.17. The van der Waals surface area contributed by atoms with Gasteiger partial charge in [0.2, 0.25) is 0 Å². The van der Waals surface area contributed by atoms with E-state index in [-0.39, 0.29) is 17.2 Å². The third kappa shape index (κ3) is 2.38. The molecule has 2 aromatic carbocycles. The SMILES string of the molecule is Nc1cc(-c2nnnn2-c2c(F)cccc2Br)ccc1F. The number of halogens is 3. The minimum absolute atomic E-state index is 0.0327. The van der Waals surface area contributed by atoms with E-state index in [1.54, 1.807) is 12.1 Å². The molecule has 0 spiro atoms. The molecule has 0 saturated heterocycles. The van der Waals surface area contributed by atoms with E-state index >= 15 is 0 Å². The van der Waals surface area contributed by atoms with E-state index in [2.05, 4.69) is 31.5 Å². The molecule has 0 amide bonds. The van der Waals surface area contributed by atoms with Gasteiger partial charge in [0.15, 0.2) is 5.82 Å². The van der Waals surface area contributed by atoms with Gasteiger partial charge in [-0.15, -0.1) is 5.10 Å². The zero-order chi connectivity index (χ0) is 15.0. The van der Waals surface area contributed by atoms with Gasteiger partial charge >= 0.3 is 0 Å². The number of tetrazole rings is 1. The van der Waals surface area contributed by atoms with Crippen molar-refractivity contribution in [3.8, 4) is 17.1 Å². The molecule has 0 aliphatic carbocycles. The standard InChI is InChI=1S/C13H8BrF2N5/c14-8-2-1-3-10(16)12(8)21-13(18-19-20-21)7-4-5-9(15)11(17)6-7/h1-6H,17H2. The van der Waals surface area contributed by atoms with E-state index in [4.69, 9.17) is 5.73 Å². The second-order valence-electron chi connectivity index (χ2n) is 4.22. The van der Waals surface area contributed by atoms with Gasteiger partial charge in [-0.2, -0.15) is 4.68 Å². The molecule has 0 aliphatic rings. The monoisotopic (exact) mass is 351 g/mol. The summed E-state index contributed by atoms with van der Waals surface area (Å²) < 4.78 is 29.0. The van der Waals surface area contributed by atoms with Crippen LogP contribution in [0.4, 0.5) is 14.5 Å². The Labute approximate surface area is 126 Å². The minimum Gasteiger partial charge on any atom is -0.396 e. The highest BCUT2D eigenvalue weighted by molar-refractivity contribution is 9.10. The van der Waals surface area contributed by atoms with Crippen LogP contribution in [0.3, 0.4) is 0 Å². The maximum absolute atomic E-state index is 14.0. The van der Waals surface area contributed by atoms with Crippen LogP contribution in [-0.2, 0) is 0 Å². The van der Waals surface area contributed by atoms with Crippen LogP contribution in [0.5, 0.6) is 0 Å². The van der Waals surface area contributed by atoms with Crippen LogP contribution in [0, 0.1) is 11.6 Å². The summed E-state index contributed by atoms with van der Waals surface area (Å²) in [5.74, 6) is -0.773. The van der Waals surface area contributed by atoms with Crippen molar-refractivity contribution >= 4 is 21.6 Å². The van der Waals surface area contributed by atoms with Gasteiger partial charge in [0.25, 0.3) is 0 Å². The summed E-state index contributed by atoms with van der Waals surface area (Å²) in [5.41, 5.74) is 6.15. The van der Waals surface area contributed by atoms with Crippen molar-refractivity contribution in [3.05, 3.63) is 52.5 Å². The Kier molecular flexibility index (Phi) is 3.38. The number of hydrogen-bond donors (Lipinski definition) is 1. The average molecular weight is 352 g/mol. The van der Waals surface area contributed by atoms with Crippen LogP contribution in [0.1, 0.15) is 0 Å². The molecule has 0 atom stereocenters. The van der Waals surface area contributed by atoms with E-state index < -0.39 is 11.6 Å². The first-order valence-corrected chi connectivity index (χ1v) is 6.65. The van der Waals surface area contributed by atoms with Crippen molar-refractivity contribution in [2.75, 3.05) is 5.73 Å². The van der Waals surface area contributed by atoms with Crippen molar-refractivity contribution < 1.29 is 8.78 Å². The molecule has 1 heterocycles. The molecule has 0 aliphatic heterocycles. The summed E-state index contributed by atoms with van der Waals surface area (Å²) in [6, 6.07) is 8.60. The number of nitrogens with two attached hydrogens (primary N) is 1. The third-order valence-corrected chi connectivity index (χ3v) is 3.51. The molecule has 0 unspecified atom stereocenters. The normalized spacial score (nSPS) is 10.8. The molecule has 106 valence electrons. The molecule has 0 bridgehead atoms. The van der Waals surface area contributed by atoms with Crippen molar-refractivity contribution in [1.29, 1.82) is 0 Å². The summed E-state index contributed by atoms with van der Waals surface area (Å²) in [5, 5.41) is 11.2. The quantitative estimate of drug-likeness (QED) is 0.720. The lowest BCUT2D eigenvalue weighted by Crippen LogP contribution is -2.04. The first kappa shape index (κ1) is 13.6. The van der Waals surface area contributed by atoms with Gasteiger partial charge in [-0.25, -0.2) is 8.78 Å². The second kappa shape index (κ2) is 5.21. The smallest absolute Gasteiger partial charge is 0.187 e. The fraction of sp³-hybridized carbons (Fsp3) is 0. The van der Waals surface area contributed by atoms with Crippen LogP contribution in [0.25, 0.3) is 17.1 Å². The predicted octanol–water partition coefficient (Wildman–Crippen LogP) is 2.95. The molecule has 3 rings (SSSR count). The van der Waals surface area contributed by atoms with Gasteiger partial charge in [0.1, 0.15) is 17.3 Å². The number of para-hydroxylation sites is 1. The molecule has 0 fully saturated rings. The Bertz CT molecular complexity index is 798. The first-order chi connectivity index (χ1) is 10.1. The van der Waals surface area contributed by atoms with Gasteiger partial charge in [0, 0.05) is 10.0 Å². The fourth-order valence-corrected chi connectivity index (χ4v) is 2.40. The van der Waals surface area contributed by atoms with E-state index in [1.807, 2.05) is 0 Å². The molecule has 5 nitrogen and oxygen atoms in total. The number of anilines is 1. The predicted molar refractivity (Wildman–Crippen MR) is 76.6 cm³/mol. The summed E-state index contributed by atoms with van der Waals surface area (Å²) in [6.07, 6.45) is 0. The Morgan fingerprint density at radius 3 is 2.62 bits per heavy atom. The minimum atomic E-state index is -0.537. The fourth-order valence-electron chi connectivity index (χ4n) is 1.89. The van der Waals surface area contributed by atoms with Gasteiger partial charge in [-0.05, 0) is 56.7 Å². The van der Waals surface area contributed by atoms with Gasteiger partial charge in [-0.3, -0.25) is 0 Å². The summed E-state index contributed by atoms with van der Waals surface area (Å²) in [6.45, 7) is 0. The molecule has 8 heteroatoms. The summed E-state index contributed by atoms with van der Waals surface area (Å²) in [7, 11) is 0. The Morgan fingerprint density at radius 2 is 1.90 bits per heavy atom. The van der Waals surface area contributed by atoms with E-state index in [1.165, 1.54) is 28.9 Å². The van der Waals surface area contributed by atoms with Gasteiger partial charge in [-0.1, -0.05) is 6.07 Å². The third-order valence-electron chi connectivity index (χ3n) is 2.87. The molecular formula is C13H8BrF2N5. The first-order valence-electron chi connectivity index (χ1n) is 5.86. The lowest BCUT2D eigenvalue weighted by atomic mass is 10.2. The highest BCUT2D eigenvalue weighted by atomic mass is 79.9. The molecule has 1 aromatic heterocycles. The number of nitrogen functional groups attached to an aromatic ring is 1. The molecule has 3 aromatic rings. The average Bonchev–Trinajstić information content (AvgIpc) is 2.91. The number of benzene rings is 2. The largest absolute Gasteiger partial charge is 0.396 e. The van der Waals surface area contributed by atoms with Gasteiger partial charge in [0.05, 0.1) is 5.69 Å². The molecule has 21 heavy (non-hydrogen) atoms. The number of hydrogen-bond acceptors (Lipinski definition) is 4. The van der Waals surface area contributed by atoms with Gasteiger partial charge < -0.3 is 5.73 Å². The number of nitrogens with zero attached hydrogens (tertiary/aromatic N) is 4. The zero-order valence-electron chi connectivity index (χ0n) is 10.5. The van der Waals surface area contributed by atoms with Crippen LogP contribution >= 0.6 is 15.9 Å². The van der Waals surface area contributed by atoms with Crippen molar-refractivity contribution in [3.63, 3.8) is 0 Å². The van der Waals surface area contributed by atoms with E-state index in [0.29, 0.717) is 10.0 Å². The maximum Gasteiger partial charge on any atom is 0.187 e. The Hall–Kier alpha value is -2.35. The van der Waals surface area contributed by atoms with Crippen LogP contribution in [0.15, 0.2) is 40.9 Å². The lowest BCUT2D eigenvalue weighted by molar-refractivity contribution is 0.606. The topological polar surface area (TPSA) is 69.6 Å². The number of aromatic nitrogens is 4. The molecule has 2 N–H and O–H groups in total. The van der Waals surface area contributed by atoms with E-state index in [0.717, 1.165) is 0 Å². The van der Waals surface area contributed by atoms with Crippen LogP contribution in [-0.4, -0.2) is 20.2 Å². The maximum atomic E-state index is 14.0. The molecular weight excluding hydrogens is 344 g/mol. The van der Waals surface area contributed by atoms with Crippen molar-refractivity contribution in [2.24, 2.45) is 0 Å². The van der Waals surface area contributed by atoms with E-state index in [9.17, 15) is 8.78 Å². The molecule has 0 radical (unpaired) electrons. The highest BCUT2D eigenvalue weighted by Crippen LogP contribution is 2.28. The Morgan fingerprint density at radius 1 is 1.10 bits per heavy atom. The van der Waals surface area contributed by atoms with Crippen molar-refractivity contribution in [2.45, 2.75) is 0 Å². The lowest BCUT2D eigenvalue weighted by Gasteiger charge is -2.08. The molecule has 0 saturated carbocycles. The second-order valence-corrected chi connectivity index (χ2v) is 5.08. The van der Waals surface area contributed by atoms with Crippen LogP contribution in [0.2, 0.25) is 0 Å². The van der Waals surface area contributed by atoms with Crippen molar-refractivity contribution in [1.82, 2.24) is 20.2 Å². The summed E-state index contributed by atoms with van der Waals surface area (Å²) >= 11 is 3.26. The summed E-state index contributed by atoms with van der Waals surface area (Å²) in [4.78, 5) is 0. The zero-order valence-corrected chi connectivity index (χ0v) is 12.1. The number of rotatable bonds is 2. The Balaban J connectivity index is 2.20. The van der Waals surface area contributed by atoms with Crippen LogP contribution < -0.4 is 5.73 Å².